The Labute approximate surface area is 109 Å². The van der Waals surface area contributed by atoms with Gasteiger partial charge in [0.1, 0.15) is 5.82 Å². The van der Waals surface area contributed by atoms with Crippen molar-refractivity contribution in [2.45, 2.75) is 4.90 Å². The van der Waals surface area contributed by atoms with E-state index >= 15 is 0 Å². The molecule has 0 radical (unpaired) electrons. The number of anilines is 1. The van der Waals surface area contributed by atoms with Crippen LogP contribution in [0.3, 0.4) is 0 Å². The predicted octanol–water partition coefficient (Wildman–Crippen LogP) is 3.28. The van der Waals surface area contributed by atoms with Crippen LogP contribution in [0, 0.1) is 5.82 Å². The summed E-state index contributed by atoms with van der Waals surface area (Å²) in [5.74, 6) is -0.525. The molecule has 0 spiro atoms. The molecular formula is C12H9ClFNO2S. The normalized spacial score (nSPS) is 11.2. The van der Waals surface area contributed by atoms with E-state index in [4.69, 9.17) is 11.6 Å². The standard InChI is InChI=1S/C12H9ClFNO2S/c13-11-8-9(14)6-7-12(11)15-18(16,17)10-4-2-1-3-5-10/h1-8,15H. The third kappa shape index (κ3) is 2.80. The number of hydrogen-bond donors (Lipinski definition) is 1. The van der Waals surface area contributed by atoms with Crippen molar-refractivity contribution in [1.29, 1.82) is 0 Å². The molecule has 0 amide bonds. The van der Waals surface area contributed by atoms with E-state index in [9.17, 15) is 12.8 Å². The third-order valence-corrected chi connectivity index (χ3v) is 3.92. The Morgan fingerprint density at radius 3 is 2.33 bits per heavy atom. The van der Waals surface area contributed by atoms with Gasteiger partial charge in [0, 0.05) is 0 Å². The van der Waals surface area contributed by atoms with Crippen molar-refractivity contribution < 1.29 is 12.8 Å². The quantitative estimate of drug-likeness (QED) is 0.941. The first kappa shape index (κ1) is 12.9. The lowest BCUT2D eigenvalue weighted by atomic mass is 10.3. The number of benzene rings is 2. The Bertz CT molecular complexity index is 659. The number of nitrogens with one attached hydrogen (secondary N) is 1. The maximum atomic E-state index is 12.8. The summed E-state index contributed by atoms with van der Waals surface area (Å²) in [7, 11) is -3.71. The van der Waals surface area contributed by atoms with Gasteiger partial charge in [0.15, 0.2) is 0 Å². The first-order valence-electron chi connectivity index (χ1n) is 5.02. The van der Waals surface area contributed by atoms with Crippen LogP contribution in [-0.2, 0) is 10.0 Å². The molecule has 0 saturated heterocycles. The maximum absolute atomic E-state index is 12.8. The molecule has 0 fully saturated rings. The van der Waals surface area contributed by atoms with Crippen molar-refractivity contribution in [1.82, 2.24) is 0 Å². The molecule has 0 aliphatic carbocycles. The van der Waals surface area contributed by atoms with Crippen LogP contribution in [0.2, 0.25) is 5.02 Å². The summed E-state index contributed by atoms with van der Waals surface area (Å²) in [6.07, 6.45) is 0. The summed E-state index contributed by atoms with van der Waals surface area (Å²) in [5, 5.41) is 0.00880. The van der Waals surface area contributed by atoms with Gasteiger partial charge < -0.3 is 0 Å². The van der Waals surface area contributed by atoms with Crippen molar-refractivity contribution in [3.63, 3.8) is 0 Å². The van der Waals surface area contributed by atoms with Crippen molar-refractivity contribution in [3.8, 4) is 0 Å². The number of halogens is 2. The van der Waals surface area contributed by atoms with E-state index in [1.54, 1.807) is 18.2 Å². The van der Waals surface area contributed by atoms with Crippen LogP contribution >= 0.6 is 11.6 Å². The summed E-state index contributed by atoms with van der Waals surface area (Å²) in [6.45, 7) is 0. The van der Waals surface area contributed by atoms with Crippen LogP contribution in [0.4, 0.5) is 10.1 Å². The Kier molecular flexibility index (Phi) is 3.54. The lowest BCUT2D eigenvalue weighted by Gasteiger charge is -2.09. The van der Waals surface area contributed by atoms with E-state index < -0.39 is 15.8 Å². The zero-order chi connectivity index (χ0) is 13.2. The number of sulfonamides is 1. The third-order valence-electron chi connectivity index (χ3n) is 2.23. The number of rotatable bonds is 3. The summed E-state index contributed by atoms with van der Waals surface area (Å²) in [5.41, 5.74) is 0.141. The second kappa shape index (κ2) is 4.96. The minimum Gasteiger partial charge on any atom is -0.278 e. The highest BCUT2D eigenvalue weighted by Crippen LogP contribution is 2.25. The van der Waals surface area contributed by atoms with Gasteiger partial charge in [-0.3, -0.25) is 4.72 Å². The van der Waals surface area contributed by atoms with E-state index in [0.717, 1.165) is 12.1 Å². The van der Waals surface area contributed by atoms with Gasteiger partial charge in [-0.05, 0) is 30.3 Å². The minimum absolute atomic E-state index is 0.00880. The van der Waals surface area contributed by atoms with Crippen molar-refractivity contribution in [2.24, 2.45) is 0 Å². The van der Waals surface area contributed by atoms with Gasteiger partial charge in [0.05, 0.1) is 15.6 Å². The highest BCUT2D eigenvalue weighted by atomic mass is 35.5. The Hall–Kier alpha value is -1.59. The Morgan fingerprint density at radius 1 is 1.06 bits per heavy atom. The smallest absolute Gasteiger partial charge is 0.261 e. The van der Waals surface area contributed by atoms with Crippen molar-refractivity contribution in [2.75, 3.05) is 4.72 Å². The lowest BCUT2D eigenvalue weighted by Crippen LogP contribution is -2.13. The molecule has 2 aromatic carbocycles. The molecule has 0 saturated carbocycles. The number of hydrogen-bond acceptors (Lipinski definition) is 2. The summed E-state index contributed by atoms with van der Waals surface area (Å²) < 4.78 is 39.1. The van der Waals surface area contributed by atoms with Gasteiger partial charge in [-0.15, -0.1) is 0 Å². The molecule has 2 rings (SSSR count). The molecule has 0 aromatic heterocycles. The molecule has 18 heavy (non-hydrogen) atoms. The second-order valence-corrected chi connectivity index (χ2v) is 5.63. The molecule has 6 heteroatoms. The first-order valence-corrected chi connectivity index (χ1v) is 6.88. The maximum Gasteiger partial charge on any atom is 0.261 e. The van der Waals surface area contributed by atoms with Gasteiger partial charge in [0.2, 0.25) is 0 Å². The highest BCUT2D eigenvalue weighted by Gasteiger charge is 2.15. The lowest BCUT2D eigenvalue weighted by molar-refractivity contribution is 0.601. The monoisotopic (exact) mass is 285 g/mol. The van der Waals surface area contributed by atoms with Gasteiger partial charge in [0.25, 0.3) is 10.0 Å². The molecule has 94 valence electrons. The van der Waals surface area contributed by atoms with E-state index in [0.29, 0.717) is 0 Å². The van der Waals surface area contributed by atoms with Crippen molar-refractivity contribution in [3.05, 3.63) is 59.4 Å². The van der Waals surface area contributed by atoms with E-state index in [1.807, 2.05) is 0 Å². The Balaban J connectivity index is 2.34. The fourth-order valence-corrected chi connectivity index (χ4v) is 2.75. The molecule has 0 heterocycles. The van der Waals surface area contributed by atoms with E-state index in [1.165, 1.54) is 18.2 Å². The largest absolute Gasteiger partial charge is 0.278 e. The van der Waals surface area contributed by atoms with Crippen molar-refractivity contribution >= 4 is 27.3 Å². The average molecular weight is 286 g/mol. The SMILES string of the molecule is O=S(=O)(Nc1ccc(F)cc1Cl)c1ccccc1. The summed E-state index contributed by atoms with van der Waals surface area (Å²) in [4.78, 5) is 0.116. The van der Waals surface area contributed by atoms with Gasteiger partial charge >= 0.3 is 0 Å². The van der Waals surface area contributed by atoms with Gasteiger partial charge in [-0.2, -0.15) is 0 Å². The molecule has 0 aliphatic rings. The van der Waals surface area contributed by atoms with Gasteiger partial charge in [-0.25, -0.2) is 12.8 Å². The Morgan fingerprint density at radius 2 is 1.72 bits per heavy atom. The molecule has 0 aliphatic heterocycles. The van der Waals surface area contributed by atoms with Crippen LogP contribution in [0.25, 0.3) is 0 Å². The minimum atomic E-state index is -3.71. The average Bonchev–Trinajstić information content (AvgIpc) is 2.34. The fraction of sp³-hybridized carbons (Fsp3) is 0. The summed E-state index contributed by atoms with van der Waals surface area (Å²) >= 11 is 5.76. The molecule has 2 aromatic rings. The van der Waals surface area contributed by atoms with Crippen LogP contribution in [0.5, 0.6) is 0 Å². The molecule has 0 bridgehead atoms. The molecular weight excluding hydrogens is 277 g/mol. The molecule has 3 nitrogen and oxygen atoms in total. The summed E-state index contributed by atoms with van der Waals surface area (Å²) in [6, 6.07) is 11.3. The van der Waals surface area contributed by atoms with Crippen LogP contribution in [-0.4, -0.2) is 8.42 Å². The van der Waals surface area contributed by atoms with Gasteiger partial charge in [-0.1, -0.05) is 29.8 Å². The highest BCUT2D eigenvalue weighted by molar-refractivity contribution is 7.92. The second-order valence-electron chi connectivity index (χ2n) is 3.54. The molecule has 1 N–H and O–H groups in total. The molecule has 0 unspecified atom stereocenters. The van der Waals surface area contributed by atoms with E-state index in [2.05, 4.69) is 4.72 Å². The zero-order valence-electron chi connectivity index (χ0n) is 9.10. The first-order chi connectivity index (χ1) is 8.49. The predicted molar refractivity (Wildman–Crippen MR) is 68.7 cm³/mol. The topological polar surface area (TPSA) is 46.2 Å². The van der Waals surface area contributed by atoms with Crippen LogP contribution < -0.4 is 4.72 Å². The fourth-order valence-electron chi connectivity index (χ4n) is 1.38. The van der Waals surface area contributed by atoms with E-state index in [-0.39, 0.29) is 15.6 Å². The van der Waals surface area contributed by atoms with Crippen LogP contribution in [0.1, 0.15) is 0 Å². The molecule has 0 atom stereocenters. The van der Waals surface area contributed by atoms with Crippen LogP contribution in [0.15, 0.2) is 53.4 Å². The zero-order valence-corrected chi connectivity index (χ0v) is 10.7.